The molecule has 1 aliphatic heterocycles. The van der Waals surface area contributed by atoms with Gasteiger partial charge in [0.15, 0.2) is 5.84 Å². The van der Waals surface area contributed by atoms with Crippen LogP contribution in [0, 0.1) is 5.82 Å². The van der Waals surface area contributed by atoms with Gasteiger partial charge in [0.05, 0.1) is 5.56 Å². The lowest BCUT2D eigenvalue weighted by Gasteiger charge is -2.17. The number of hydrogen-bond acceptors (Lipinski definition) is 4. The van der Waals surface area contributed by atoms with E-state index in [4.69, 9.17) is 9.84 Å². The fourth-order valence-corrected chi connectivity index (χ4v) is 3.13. The van der Waals surface area contributed by atoms with E-state index >= 15 is 0 Å². The summed E-state index contributed by atoms with van der Waals surface area (Å²) in [7, 11) is 0. The van der Waals surface area contributed by atoms with Crippen LogP contribution in [0.25, 0.3) is 0 Å². The average molecular weight is 364 g/mol. The molecule has 0 radical (unpaired) electrons. The van der Waals surface area contributed by atoms with Gasteiger partial charge in [0.1, 0.15) is 24.5 Å². The molecule has 5 nitrogen and oxygen atoms in total. The van der Waals surface area contributed by atoms with E-state index < -0.39 is 0 Å². The molecule has 0 spiro atoms. The predicted octanol–water partition coefficient (Wildman–Crippen LogP) is 3.91. The summed E-state index contributed by atoms with van der Waals surface area (Å²) >= 11 is 0. The van der Waals surface area contributed by atoms with Crippen LogP contribution in [0.5, 0.6) is 5.75 Å². The second kappa shape index (κ2) is 8.03. The third kappa shape index (κ3) is 4.16. The summed E-state index contributed by atoms with van der Waals surface area (Å²) in [5.74, 6) is 1.21. The Kier molecular flexibility index (Phi) is 5.14. The van der Waals surface area contributed by atoms with Crippen molar-refractivity contribution >= 4 is 5.84 Å². The number of rotatable bonds is 5. The molecule has 6 heteroatoms. The lowest BCUT2D eigenvalue weighted by Crippen LogP contribution is -2.21. The van der Waals surface area contributed by atoms with E-state index in [1.165, 1.54) is 12.1 Å². The van der Waals surface area contributed by atoms with Crippen LogP contribution in [0.2, 0.25) is 0 Å². The SMILES string of the molecule is Fc1cccc(COc2ccccc2C(=NN2CCCC2)n2ccnc2)c1. The minimum atomic E-state index is -0.265. The Balaban J connectivity index is 1.64. The summed E-state index contributed by atoms with van der Waals surface area (Å²) in [4.78, 5) is 4.16. The quantitative estimate of drug-likeness (QED) is 0.509. The largest absolute Gasteiger partial charge is 0.488 e. The Morgan fingerprint density at radius 1 is 1.11 bits per heavy atom. The molecule has 1 aromatic heterocycles. The van der Waals surface area contributed by atoms with Gasteiger partial charge in [-0.05, 0) is 42.7 Å². The molecule has 2 heterocycles. The van der Waals surface area contributed by atoms with Gasteiger partial charge >= 0.3 is 0 Å². The van der Waals surface area contributed by atoms with E-state index in [0.717, 1.165) is 42.9 Å². The van der Waals surface area contributed by atoms with Crippen molar-refractivity contribution in [3.05, 3.63) is 84.2 Å². The lowest BCUT2D eigenvalue weighted by atomic mass is 10.1. The third-order valence-electron chi connectivity index (χ3n) is 4.48. The first kappa shape index (κ1) is 17.3. The molecule has 27 heavy (non-hydrogen) atoms. The van der Waals surface area contributed by atoms with Crippen molar-refractivity contribution in [1.29, 1.82) is 0 Å². The molecule has 0 atom stereocenters. The maximum atomic E-state index is 13.4. The first-order valence-electron chi connectivity index (χ1n) is 9.08. The number of hydrazone groups is 1. The van der Waals surface area contributed by atoms with Crippen LogP contribution in [0.3, 0.4) is 0 Å². The molecule has 0 amide bonds. The lowest BCUT2D eigenvalue weighted by molar-refractivity contribution is 0.304. The Labute approximate surface area is 157 Å². The molecule has 0 unspecified atom stereocenters. The topological polar surface area (TPSA) is 42.6 Å². The van der Waals surface area contributed by atoms with E-state index in [1.54, 1.807) is 18.6 Å². The van der Waals surface area contributed by atoms with Crippen molar-refractivity contribution in [3.63, 3.8) is 0 Å². The van der Waals surface area contributed by atoms with Crippen LogP contribution >= 0.6 is 0 Å². The van der Waals surface area contributed by atoms with Gasteiger partial charge in [-0.2, -0.15) is 5.10 Å². The number of halogens is 1. The standard InChI is InChI=1S/C21H21FN4O/c22-18-7-5-6-17(14-18)15-27-20-9-2-1-8-19(20)21(25-13-10-23-16-25)24-26-11-3-4-12-26/h1-2,5-10,13-14,16H,3-4,11-12,15H2. The molecule has 0 saturated carbocycles. The first-order chi connectivity index (χ1) is 13.3. The molecule has 0 N–H and O–H groups in total. The van der Waals surface area contributed by atoms with Crippen LogP contribution < -0.4 is 4.74 Å². The molecule has 138 valence electrons. The third-order valence-corrected chi connectivity index (χ3v) is 4.48. The second-order valence-corrected chi connectivity index (χ2v) is 6.47. The Morgan fingerprint density at radius 2 is 1.96 bits per heavy atom. The molecule has 1 aliphatic rings. The molecule has 4 rings (SSSR count). The summed E-state index contributed by atoms with van der Waals surface area (Å²) in [5, 5.41) is 6.93. The highest BCUT2D eigenvalue weighted by atomic mass is 19.1. The number of benzene rings is 2. The van der Waals surface area contributed by atoms with Crippen LogP contribution in [0.15, 0.2) is 72.4 Å². The van der Waals surface area contributed by atoms with Gasteiger partial charge in [-0.1, -0.05) is 24.3 Å². The van der Waals surface area contributed by atoms with Gasteiger partial charge in [-0.15, -0.1) is 0 Å². The van der Waals surface area contributed by atoms with Crippen molar-refractivity contribution in [2.45, 2.75) is 19.4 Å². The van der Waals surface area contributed by atoms with Crippen LogP contribution in [0.1, 0.15) is 24.0 Å². The van der Waals surface area contributed by atoms with E-state index in [2.05, 4.69) is 9.99 Å². The monoisotopic (exact) mass is 364 g/mol. The maximum absolute atomic E-state index is 13.4. The van der Waals surface area contributed by atoms with E-state index in [0.29, 0.717) is 5.75 Å². The van der Waals surface area contributed by atoms with Gasteiger partial charge in [-0.25, -0.2) is 9.37 Å². The minimum Gasteiger partial charge on any atom is -0.488 e. The first-order valence-corrected chi connectivity index (χ1v) is 9.08. The average Bonchev–Trinajstić information content (AvgIpc) is 3.39. The second-order valence-electron chi connectivity index (χ2n) is 6.47. The molecular formula is C21H21FN4O. The highest BCUT2D eigenvalue weighted by Crippen LogP contribution is 2.22. The van der Waals surface area contributed by atoms with Crippen LogP contribution in [0.4, 0.5) is 4.39 Å². The zero-order valence-electron chi connectivity index (χ0n) is 15.0. The number of nitrogens with zero attached hydrogens (tertiary/aromatic N) is 4. The molecule has 1 fully saturated rings. The Morgan fingerprint density at radius 3 is 2.74 bits per heavy atom. The van der Waals surface area contributed by atoms with Gasteiger partial charge in [0.2, 0.25) is 0 Å². The van der Waals surface area contributed by atoms with Crippen LogP contribution in [-0.2, 0) is 6.61 Å². The molecule has 0 aliphatic carbocycles. The van der Waals surface area contributed by atoms with E-state index in [-0.39, 0.29) is 12.4 Å². The molecule has 3 aromatic rings. The number of hydrogen-bond donors (Lipinski definition) is 0. The Hall–Kier alpha value is -3.15. The molecule has 0 bridgehead atoms. The zero-order valence-corrected chi connectivity index (χ0v) is 15.0. The predicted molar refractivity (Wildman–Crippen MR) is 102 cm³/mol. The number of para-hydroxylation sites is 1. The molecule has 1 saturated heterocycles. The zero-order chi connectivity index (χ0) is 18.5. The van der Waals surface area contributed by atoms with Crippen LogP contribution in [-0.4, -0.2) is 33.5 Å². The summed E-state index contributed by atoms with van der Waals surface area (Å²) in [6.45, 7) is 2.19. The van der Waals surface area contributed by atoms with Gasteiger partial charge in [0, 0.05) is 25.5 Å². The Bertz CT molecular complexity index is 917. The van der Waals surface area contributed by atoms with Gasteiger partial charge in [-0.3, -0.25) is 9.58 Å². The van der Waals surface area contributed by atoms with Crippen molar-refractivity contribution < 1.29 is 9.13 Å². The highest BCUT2D eigenvalue weighted by molar-refractivity contribution is 6.02. The number of imidazole rings is 1. The maximum Gasteiger partial charge on any atom is 0.169 e. The van der Waals surface area contributed by atoms with Crippen molar-refractivity contribution in [1.82, 2.24) is 14.6 Å². The number of ether oxygens (including phenoxy) is 1. The number of aromatic nitrogens is 2. The summed E-state index contributed by atoms with van der Waals surface area (Å²) in [6.07, 6.45) is 7.64. The van der Waals surface area contributed by atoms with Gasteiger partial charge < -0.3 is 4.74 Å². The molecule has 2 aromatic carbocycles. The normalized spacial score (nSPS) is 14.6. The van der Waals surface area contributed by atoms with E-state index in [1.807, 2.05) is 41.1 Å². The fraction of sp³-hybridized carbons (Fsp3) is 0.238. The van der Waals surface area contributed by atoms with Crippen molar-refractivity contribution in [3.8, 4) is 5.75 Å². The van der Waals surface area contributed by atoms with Crippen molar-refractivity contribution in [2.24, 2.45) is 5.10 Å². The highest BCUT2D eigenvalue weighted by Gasteiger charge is 2.16. The molecular weight excluding hydrogens is 343 g/mol. The smallest absolute Gasteiger partial charge is 0.169 e. The van der Waals surface area contributed by atoms with Crippen molar-refractivity contribution in [2.75, 3.05) is 13.1 Å². The van der Waals surface area contributed by atoms with Gasteiger partial charge in [0.25, 0.3) is 0 Å². The summed E-state index contributed by atoms with van der Waals surface area (Å²) in [5.41, 5.74) is 1.66. The minimum absolute atomic E-state index is 0.265. The summed E-state index contributed by atoms with van der Waals surface area (Å²) in [6, 6.07) is 14.2. The fourth-order valence-electron chi connectivity index (χ4n) is 3.13. The summed E-state index contributed by atoms with van der Waals surface area (Å²) < 4.78 is 21.3. The van der Waals surface area contributed by atoms with E-state index in [9.17, 15) is 4.39 Å².